The summed E-state index contributed by atoms with van der Waals surface area (Å²) in [7, 11) is -1.67. The number of fused-ring (bicyclic) bond motifs is 4. The first kappa shape index (κ1) is 34.7. The van der Waals surface area contributed by atoms with Gasteiger partial charge in [-0.2, -0.15) is 0 Å². The van der Waals surface area contributed by atoms with Crippen molar-refractivity contribution in [1.82, 2.24) is 9.21 Å². The van der Waals surface area contributed by atoms with E-state index in [4.69, 9.17) is 14.2 Å². The number of carbonyl (C=O) groups is 1. The first-order valence-electron chi connectivity index (χ1n) is 18.6. The van der Waals surface area contributed by atoms with Gasteiger partial charge in [0, 0.05) is 31.5 Å². The van der Waals surface area contributed by atoms with E-state index in [-0.39, 0.29) is 69.4 Å². The molecule has 5 saturated carbocycles. The minimum absolute atomic E-state index is 0.0131. The number of likely N-dealkylation sites (N-methyl/N-ethyl adjacent to an activating group) is 1. The molecule has 47 heavy (non-hydrogen) atoms. The number of hydrogen-bond acceptors (Lipinski definition) is 7. The minimum Gasteiger partial charge on any atom is -0.390 e. The Balaban J connectivity index is 1.10. The van der Waals surface area contributed by atoms with Gasteiger partial charge in [0.15, 0.2) is 6.29 Å². The van der Waals surface area contributed by atoms with Gasteiger partial charge in [-0.05, 0) is 96.7 Å². The number of sulfonamides is 1. The van der Waals surface area contributed by atoms with Crippen molar-refractivity contribution in [3.63, 3.8) is 0 Å². The van der Waals surface area contributed by atoms with Crippen molar-refractivity contribution in [1.29, 1.82) is 0 Å². The minimum atomic E-state index is -3.30. The molecule has 2 heterocycles. The van der Waals surface area contributed by atoms with Gasteiger partial charge >= 0.3 is 0 Å². The summed E-state index contributed by atoms with van der Waals surface area (Å²) in [6.07, 6.45) is 8.80. The zero-order chi connectivity index (χ0) is 34.1. The van der Waals surface area contributed by atoms with Crippen LogP contribution in [-0.2, 0) is 29.0 Å². The van der Waals surface area contributed by atoms with E-state index >= 15 is 0 Å². The number of hydrogen-bond donors (Lipinski definition) is 1. The zero-order valence-electron chi connectivity index (χ0n) is 30.5. The maximum absolute atomic E-state index is 12.7. The molecule has 7 aliphatic rings. The average Bonchev–Trinajstić information content (AvgIpc) is 3.62. The van der Waals surface area contributed by atoms with Crippen LogP contribution in [0.3, 0.4) is 0 Å². The number of rotatable bonds is 6. The van der Waals surface area contributed by atoms with Crippen LogP contribution in [0, 0.1) is 56.7 Å². The molecular weight excluding hydrogens is 616 g/mol. The van der Waals surface area contributed by atoms with E-state index < -0.39 is 16.1 Å². The summed E-state index contributed by atoms with van der Waals surface area (Å²) in [4.78, 5) is 14.7. The molecule has 10 heteroatoms. The number of aliphatic hydroxyl groups excluding tert-OH is 1. The van der Waals surface area contributed by atoms with Gasteiger partial charge in [-0.15, -0.1) is 0 Å². The van der Waals surface area contributed by atoms with Gasteiger partial charge < -0.3 is 24.2 Å². The number of nitrogens with zero attached hydrogens (tertiary/aromatic N) is 2. The number of carbonyl (C=O) groups excluding carboxylic acids is 1. The summed E-state index contributed by atoms with van der Waals surface area (Å²) < 4.78 is 45.5. The van der Waals surface area contributed by atoms with Crippen molar-refractivity contribution in [3.05, 3.63) is 0 Å². The quantitative estimate of drug-likeness (QED) is 0.426. The molecule has 13 atom stereocenters. The highest BCUT2D eigenvalue weighted by Gasteiger charge is 2.84. The van der Waals surface area contributed by atoms with E-state index in [1.54, 1.807) is 7.05 Å². The molecule has 2 aliphatic heterocycles. The molecule has 0 aromatic heterocycles. The van der Waals surface area contributed by atoms with E-state index in [2.05, 4.69) is 34.6 Å². The smallest absolute Gasteiger partial charge is 0.225 e. The average molecular weight is 679 g/mol. The lowest BCUT2D eigenvalue weighted by atomic mass is 9.41. The Morgan fingerprint density at radius 3 is 2.43 bits per heavy atom. The third-order valence-electron chi connectivity index (χ3n) is 16.0. The Morgan fingerprint density at radius 1 is 1.06 bits per heavy atom. The van der Waals surface area contributed by atoms with Gasteiger partial charge in [-0.3, -0.25) is 4.79 Å². The summed E-state index contributed by atoms with van der Waals surface area (Å²) in [6.45, 7) is 17.9. The Morgan fingerprint density at radius 2 is 1.74 bits per heavy atom. The third-order valence-corrected chi connectivity index (χ3v) is 17.3. The topological polar surface area (TPSA) is 106 Å². The van der Waals surface area contributed by atoms with Crippen LogP contribution in [0.15, 0.2) is 0 Å². The molecule has 0 radical (unpaired) electrons. The monoisotopic (exact) mass is 678 g/mol. The van der Waals surface area contributed by atoms with E-state index in [9.17, 15) is 18.3 Å². The maximum atomic E-state index is 12.7. The van der Waals surface area contributed by atoms with Gasteiger partial charge in [-0.25, -0.2) is 12.7 Å². The largest absolute Gasteiger partial charge is 0.390 e. The van der Waals surface area contributed by atoms with Gasteiger partial charge in [-0.1, -0.05) is 48.5 Å². The van der Waals surface area contributed by atoms with Crippen LogP contribution >= 0.6 is 0 Å². The van der Waals surface area contributed by atoms with Crippen LogP contribution in [0.5, 0.6) is 0 Å². The molecule has 7 rings (SSSR count). The van der Waals surface area contributed by atoms with Crippen molar-refractivity contribution in [2.45, 2.75) is 131 Å². The Kier molecular flexibility index (Phi) is 8.19. The summed E-state index contributed by atoms with van der Waals surface area (Å²) in [5.41, 5.74) is 0.255. The normalized spacial score (nSPS) is 50.3. The van der Waals surface area contributed by atoms with Crippen LogP contribution < -0.4 is 0 Å². The number of ether oxygens (including phenoxy) is 3. The van der Waals surface area contributed by atoms with E-state index in [0.717, 1.165) is 38.5 Å². The standard InChI is InChI=1S/C37H62N2O7S/c1-22(2)32(41)39-16-17-44-28(20-39)46-27-12-13-36-21-37(36)15-14-34(6)29-23(3)18-24(19-38(8)47(9,42)43)45-30(29)31(40)35(34,7)26(37)11-10-25(36)33(27,4)5/h22-31,40H,10-21H2,1-9H3/t23-,24-,25+,26+,27+,28+,29?,30+,31+,34-,35-,36-,37+/m1/s1. The van der Waals surface area contributed by atoms with Crippen molar-refractivity contribution in [2.75, 3.05) is 39.5 Å². The Labute approximate surface area is 283 Å². The second kappa shape index (κ2) is 11.1. The van der Waals surface area contributed by atoms with Crippen molar-refractivity contribution < 1.29 is 32.5 Å². The summed E-state index contributed by atoms with van der Waals surface area (Å²) >= 11 is 0. The molecule has 5 aliphatic carbocycles. The predicted molar refractivity (Wildman–Crippen MR) is 180 cm³/mol. The molecule has 0 aromatic rings. The lowest BCUT2D eigenvalue weighted by Crippen LogP contribution is -2.60. The van der Waals surface area contributed by atoms with Gasteiger partial charge in [0.25, 0.3) is 0 Å². The van der Waals surface area contributed by atoms with Crippen molar-refractivity contribution >= 4 is 15.9 Å². The summed E-state index contributed by atoms with van der Waals surface area (Å²) in [5, 5.41) is 12.4. The highest BCUT2D eigenvalue weighted by Crippen LogP contribution is 2.89. The first-order valence-corrected chi connectivity index (χ1v) is 20.5. The molecule has 1 unspecified atom stereocenters. The maximum Gasteiger partial charge on any atom is 0.225 e. The Bertz CT molecular complexity index is 1370. The molecule has 2 spiro atoms. The lowest BCUT2D eigenvalue weighted by Gasteiger charge is -2.64. The highest BCUT2D eigenvalue weighted by atomic mass is 32.2. The molecule has 2 saturated heterocycles. The molecule has 7 fully saturated rings. The van der Waals surface area contributed by atoms with Crippen LogP contribution in [-0.4, -0.2) is 98.9 Å². The van der Waals surface area contributed by atoms with E-state index in [1.807, 2.05) is 18.7 Å². The summed E-state index contributed by atoms with van der Waals surface area (Å²) in [5.74, 6) is 1.77. The molecule has 1 amide bonds. The highest BCUT2D eigenvalue weighted by molar-refractivity contribution is 7.88. The van der Waals surface area contributed by atoms with Crippen molar-refractivity contribution in [3.8, 4) is 0 Å². The van der Waals surface area contributed by atoms with E-state index in [1.165, 1.54) is 23.4 Å². The molecule has 268 valence electrons. The molecule has 1 N–H and O–H groups in total. The van der Waals surface area contributed by atoms with Crippen LogP contribution in [0.2, 0.25) is 0 Å². The number of aliphatic hydroxyl groups is 1. The number of morpholine rings is 1. The fraction of sp³-hybridized carbons (Fsp3) is 0.973. The summed E-state index contributed by atoms with van der Waals surface area (Å²) in [6, 6.07) is 0. The lowest BCUT2D eigenvalue weighted by molar-refractivity contribution is -0.248. The SMILES string of the molecule is CC(C)C(=O)N1CCO[C@@H](O[C@H]2CC[C@]34C[C@]35CC[C@]3(C)C6[C@H](C)C[C@H](CN(C)S(C)(=O)=O)O[C@@H]6[C@H](O)[C@@]3(C)[C@@H]5CC[C@H]4C2(C)C)C1. The van der Waals surface area contributed by atoms with Gasteiger partial charge in [0.1, 0.15) is 0 Å². The van der Waals surface area contributed by atoms with Gasteiger partial charge in [0.05, 0.1) is 43.8 Å². The molecule has 0 bridgehead atoms. The fourth-order valence-corrected chi connectivity index (χ4v) is 14.1. The fourth-order valence-electron chi connectivity index (χ4n) is 13.6. The van der Waals surface area contributed by atoms with Crippen LogP contribution in [0.1, 0.15) is 99.8 Å². The Hall–Kier alpha value is -0.780. The second-order valence-electron chi connectivity index (χ2n) is 18.5. The molecular formula is C37H62N2O7S. The van der Waals surface area contributed by atoms with Crippen LogP contribution in [0.25, 0.3) is 0 Å². The van der Waals surface area contributed by atoms with Crippen molar-refractivity contribution in [2.24, 2.45) is 56.7 Å². The molecule has 9 nitrogen and oxygen atoms in total. The third kappa shape index (κ3) is 4.76. The van der Waals surface area contributed by atoms with E-state index in [0.29, 0.717) is 44.0 Å². The second-order valence-corrected chi connectivity index (χ2v) is 20.6. The first-order chi connectivity index (χ1) is 21.8. The number of amides is 1. The molecule has 0 aromatic carbocycles. The van der Waals surface area contributed by atoms with Gasteiger partial charge in [0.2, 0.25) is 15.9 Å². The predicted octanol–water partition coefficient (Wildman–Crippen LogP) is 4.92. The zero-order valence-corrected chi connectivity index (χ0v) is 31.3. The van der Waals surface area contributed by atoms with Crippen LogP contribution in [0.4, 0.5) is 0 Å².